The third-order valence-corrected chi connectivity index (χ3v) is 3.35. The highest BCUT2D eigenvalue weighted by molar-refractivity contribution is 6.36. The second-order valence-electron chi connectivity index (χ2n) is 3.98. The first-order chi connectivity index (χ1) is 9.40. The molecular weight excluding hydrogens is 326 g/mol. The van der Waals surface area contributed by atoms with E-state index in [2.05, 4.69) is 10.3 Å². The molecule has 0 aliphatic rings. The lowest BCUT2D eigenvalue weighted by Gasteiger charge is -2.11. The van der Waals surface area contributed by atoms with Crippen LogP contribution >= 0.6 is 34.8 Å². The monoisotopic (exact) mass is 332 g/mol. The number of carbonyl (C=O) groups excluding carboxylic acids is 1. The van der Waals surface area contributed by atoms with Crippen LogP contribution in [0.3, 0.4) is 0 Å². The minimum Gasteiger partial charge on any atom is -0.319 e. The Morgan fingerprint density at radius 3 is 2.60 bits per heavy atom. The van der Waals surface area contributed by atoms with E-state index in [1.54, 1.807) is 6.92 Å². The van der Waals surface area contributed by atoms with Crippen LogP contribution in [0, 0.1) is 12.7 Å². The van der Waals surface area contributed by atoms with Crippen molar-refractivity contribution in [1.82, 2.24) is 4.98 Å². The summed E-state index contributed by atoms with van der Waals surface area (Å²) in [6, 6.07) is 5.52. The molecule has 0 fully saturated rings. The van der Waals surface area contributed by atoms with Gasteiger partial charge in [0.15, 0.2) is 5.15 Å². The van der Waals surface area contributed by atoms with Gasteiger partial charge in [0, 0.05) is 0 Å². The van der Waals surface area contributed by atoms with Crippen molar-refractivity contribution in [2.75, 3.05) is 5.32 Å². The predicted octanol–water partition coefficient (Wildman–Crippen LogP) is 4.74. The molecule has 0 bridgehead atoms. The van der Waals surface area contributed by atoms with Gasteiger partial charge >= 0.3 is 0 Å². The number of nitrogens with zero attached hydrogens (tertiary/aromatic N) is 1. The lowest BCUT2D eigenvalue weighted by molar-refractivity contribution is 0.102. The van der Waals surface area contributed by atoms with Crippen molar-refractivity contribution < 1.29 is 9.18 Å². The maximum Gasteiger partial charge on any atom is 0.260 e. The zero-order valence-corrected chi connectivity index (χ0v) is 12.4. The van der Waals surface area contributed by atoms with Crippen molar-refractivity contribution in [2.24, 2.45) is 0 Å². The van der Waals surface area contributed by atoms with Crippen LogP contribution in [0.2, 0.25) is 15.3 Å². The van der Waals surface area contributed by atoms with Crippen LogP contribution in [-0.4, -0.2) is 10.9 Å². The lowest BCUT2D eigenvalue weighted by Crippen LogP contribution is -2.16. The van der Waals surface area contributed by atoms with Crippen molar-refractivity contribution >= 4 is 46.4 Å². The van der Waals surface area contributed by atoms with Crippen LogP contribution in [-0.2, 0) is 0 Å². The molecule has 3 nitrogen and oxygen atoms in total. The number of rotatable bonds is 2. The fourth-order valence-corrected chi connectivity index (χ4v) is 2.46. The summed E-state index contributed by atoms with van der Waals surface area (Å²) in [6.07, 6.45) is 0. The minimum atomic E-state index is -0.717. The molecule has 0 saturated carbocycles. The van der Waals surface area contributed by atoms with Crippen molar-refractivity contribution in [3.63, 3.8) is 0 Å². The van der Waals surface area contributed by atoms with E-state index in [1.807, 2.05) is 0 Å². The first-order valence-corrected chi connectivity index (χ1v) is 6.61. The second-order valence-corrected chi connectivity index (χ2v) is 5.13. The largest absolute Gasteiger partial charge is 0.319 e. The number of anilines is 1. The second kappa shape index (κ2) is 5.95. The first-order valence-electron chi connectivity index (χ1n) is 5.48. The Labute approximate surface area is 129 Å². The molecule has 1 heterocycles. The molecule has 104 valence electrons. The van der Waals surface area contributed by atoms with Gasteiger partial charge in [-0.3, -0.25) is 4.79 Å². The van der Waals surface area contributed by atoms with Gasteiger partial charge in [-0.1, -0.05) is 40.9 Å². The van der Waals surface area contributed by atoms with Crippen LogP contribution in [0.4, 0.5) is 10.1 Å². The van der Waals surface area contributed by atoms with E-state index >= 15 is 0 Å². The zero-order valence-electron chi connectivity index (χ0n) is 10.2. The van der Waals surface area contributed by atoms with Crippen LogP contribution in [0.1, 0.15) is 15.9 Å². The third kappa shape index (κ3) is 3.03. The summed E-state index contributed by atoms with van der Waals surface area (Å²) >= 11 is 17.5. The van der Waals surface area contributed by atoms with Crippen molar-refractivity contribution in [3.05, 3.63) is 56.5 Å². The Kier molecular flexibility index (Phi) is 4.48. The van der Waals surface area contributed by atoms with Gasteiger partial charge in [0.05, 0.1) is 16.3 Å². The van der Waals surface area contributed by atoms with Gasteiger partial charge in [0.2, 0.25) is 0 Å². The smallest absolute Gasteiger partial charge is 0.260 e. The summed E-state index contributed by atoms with van der Waals surface area (Å²) < 4.78 is 13.7. The Balaban J connectivity index is 2.38. The molecule has 20 heavy (non-hydrogen) atoms. The number of hydrogen-bond acceptors (Lipinski definition) is 2. The van der Waals surface area contributed by atoms with Gasteiger partial charge in [0.1, 0.15) is 11.0 Å². The summed E-state index contributed by atoms with van der Waals surface area (Å²) in [5.41, 5.74) is 0.621. The number of nitrogens with one attached hydrogen (secondary N) is 1. The first kappa shape index (κ1) is 15.0. The van der Waals surface area contributed by atoms with E-state index in [9.17, 15) is 9.18 Å². The molecule has 0 aliphatic carbocycles. The van der Waals surface area contributed by atoms with Gasteiger partial charge in [-0.05, 0) is 30.7 Å². The van der Waals surface area contributed by atoms with Crippen molar-refractivity contribution in [1.29, 1.82) is 0 Å². The molecule has 2 aromatic rings. The Morgan fingerprint density at radius 1 is 1.30 bits per heavy atom. The zero-order chi connectivity index (χ0) is 14.9. The van der Waals surface area contributed by atoms with Crippen molar-refractivity contribution in [3.8, 4) is 0 Å². The predicted molar refractivity (Wildman–Crippen MR) is 78.4 cm³/mol. The van der Waals surface area contributed by atoms with Crippen LogP contribution in [0.5, 0.6) is 0 Å². The molecule has 7 heteroatoms. The van der Waals surface area contributed by atoms with E-state index < -0.39 is 11.7 Å². The number of pyridine rings is 1. The summed E-state index contributed by atoms with van der Waals surface area (Å²) in [5, 5.41) is 2.73. The molecule has 1 N–H and O–H groups in total. The topological polar surface area (TPSA) is 42.0 Å². The molecule has 1 aromatic heterocycles. The Hall–Kier alpha value is -1.36. The molecular formula is C13H8Cl3FN2O. The Morgan fingerprint density at radius 2 is 2.00 bits per heavy atom. The fourth-order valence-electron chi connectivity index (χ4n) is 1.64. The number of amides is 1. The number of halogens is 4. The van der Waals surface area contributed by atoms with Crippen LogP contribution in [0.25, 0.3) is 0 Å². The van der Waals surface area contributed by atoms with Gasteiger partial charge in [-0.2, -0.15) is 0 Å². The summed E-state index contributed by atoms with van der Waals surface area (Å²) in [7, 11) is 0. The van der Waals surface area contributed by atoms with Gasteiger partial charge in [-0.25, -0.2) is 9.37 Å². The molecule has 0 unspecified atom stereocenters. The third-order valence-electron chi connectivity index (χ3n) is 2.57. The van der Waals surface area contributed by atoms with E-state index in [0.717, 1.165) is 6.07 Å². The average molecular weight is 334 g/mol. The quantitative estimate of drug-likeness (QED) is 0.806. The molecule has 0 aliphatic heterocycles. The molecule has 2 rings (SSSR count). The van der Waals surface area contributed by atoms with E-state index in [-0.39, 0.29) is 26.6 Å². The highest BCUT2D eigenvalue weighted by atomic mass is 35.5. The number of aryl methyl sites for hydroxylation is 1. The minimum absolute atomic E-state index is 0.0122. The highest BCUT2D eigenvalue weighted by Crippen LogP contribution is 2.28. The van der Waals surface area contributed by atoms with Gasteiger partial charge in [0.25, 0.3) is 5.91 Å². The normalized spacial score (nSPS) is 10.4. The number of aromatic nitrogens is 1. The molecule has 0 radical (unpaired) electrons. The number of hydrogen-bond donors (Lipinski definition) is 1. The van der Waals surface area contributed by atoms with Crippen molar-refractivity contribution in [2.45, 2.75) is 6.92 Å². The fraction of sp³-hybridized carbons (Fsp3) is 0.0769. The standard InChI is InChI=1S/C13H8Cl3FN2O/c1-6-5-9(15)18-12(16)11(6)19-13(20)10-7(14)3-2-4-8(10)17/h2-5H,1H3,(H,19,20). The van der Waals surface area contributed by atoms with Gasteiger partial charge in [-0.15, -0.1) is 0 Å². The lowest BCUT2D eigenvalue weighted by atomic mass is 10.2. The molecule has 0 saturated heterocycles. The Bertz CT molecular complexity index is 648. The molecule has 0 spiro atoms. The SMILES string of the molecule is Cc1cc(Cl)nc(Cl)c1NC(=O)c1c(F)cccc1Cl. The van der Waals surface area contributed by atoms with Crippen LogP contribution < -0.4 is 5.32 Å². The number of benzene rings is 1. The maximum absolute atomic E-state index is 13.7. The van der Waals surface area contributed by atoms with E-state index in [0.29, 0.717) is 5.56 Å². The summed E-state index contributed by atoms with van der Waals surface area (Å²) in [6.45, 7) is 1.69. The molecule has 1 amide bonds. The summed E-state index contributed by atoms with van der Waals surface area (Å²) in [5.74, 6) is -1.42. The summed E-state index contributed by atoms with van der Waals surface area (Å²) in [4.78, 5) is 15.9. The average Bonchev–Trinajstić information content (AvgIpc) is 2.33. The van der Waals surface area contributed by atoms with E-state index in [4.69, 9.17) is 34.8 Å². The maximum atomic E-state index is 13.7. The van der Waals surface area contributed by atoms with E-state index in [1.165, 1.54) is 18.2 Å². The van der Waals surface area contributed by atoms with Crippen LogP contribution in [0.15, 0.2) is 24.3 Å². The number of carbonyl (C=O) groups is 1. The highest BCUT2D eigenvalue weighted by Gasteiger charge is 2.18. The molecule has 0 atom stereocenters. The van der Waals surface area contributed by atoms with Gasteiger partial charge < -0.3 is 5.32 Å². The molecule has 1 aromatic carbocycles.